The van der Waals surface area contributed by atoms with Gasteiger partial charge in [-0.1, -0.05) is 14.8 Å². The molecule has 0 aliphatic heterocycles. The summed E-state index contributed by atoms with van der Waals surface area (Å²) in [7, 11) is 0. The van der Waals surface area contributed by atoms with Gasteiger partial charge in [0.2, 0.25) is 0 Å². The first-order valence-electron chi connectivity index (χ1n) is 3.42. The quantitative estimate of drug-likeness (QED) is 0.530. The summed E-state index contributed by atoms with van der Waals surface area (Å²) >= 11 is 0. The molecule has 2 heterocycles. The molecule has 2 aromatic heterocycles. The third-order valence-corrected chi connectivity index (χ3v) is 1.35. The van der Waals surface area contributed by atoms with Crippen LogP contribution in [-0.4, -0.2) is 20.3 Å². The minimum atomic E-state index is 0.845. The Morgan fingerprint density at radius 1 is 1.08 bits per heavy atom. The van der Waals surface area contributed by atoms with Crippen LogP contribution in [0.5, 0.6) is 0 Å². The number of nitrogens with zero attached hydrogens (tertiary/aromatic N) is 5. The maximum Gasteiger partial charge on any atom is 0.311 e. The van der Waals surface area contributed by atoms with Crippen molar-refractivity contribution in [3.8, 4) is 5.69 Å². The number of hydrogen-bond donors (Lipinski definition) is 0. The van der Waals surface area contributed by atoms with E-state index in [0.717, 1.165) is 5.69 Å². The molecule has 0 N–H and O–H groups in total. The molecular formula is C7H6N5+. The zero-order chi connectivity index (χ0) is 8.23. The van der Waals surface area contributed by atoms with Gasteiger partial charge in [-0.2, -0.15) is 10.2 Å². The van der Waals surface area contributed by atoms with Crippen LogP contribution in [0.1, 0.15) is 0 Å². The van der Waals surface area contributed by atoms with Crippen LogP contribution < -0.4 is 4.68 Å². The highest BCUT2D eigenvalue weighted by molar-refractivity contribution is 5.11. The van der Waals surface area contributed by atoms with Gasteiger partial charge in [-0.25, -0.2) is 0 Å². The Bertz CT molecular complexity index is 309. The van der Waals surface area contributed by atoms with Crippen molar-refractivity contribution in [1.29, 1.82) is 0 Å². The summed E-state index contributed by atoms with van der Waals surface area (Å²) in [5, 5.41) is 11.4. The van der Waals surface area contributed by atoms with Crippen LogP contribution in [0.2, 0.25) is 0 Å². The van der Waals surface area contributed by atoms with Crippen molar-refractivity contribution in [2.75, 3.05) is 0 Å². The van der Waals surface area contributed by atoms with Crippen molar-refractivity contribution >= 4 is 0 Å². The Kier molecular flexibility index (Phi) is 1.69. The Morgan fingerprint density at radius 3 is 2.75 bits per heavy atom. The van der Waals surface area contributed by atoms with Gasteiger partial charge in [-0.05, 0) is 0 Å². The van der Waals surface area contributed by atoms with Crippen molar-refractivity contribution < 1.29 is 4.68 Å². The van der Waals surface area contributed by atoms with Crippen molar-refractivity contribution in [2.24, 2.45) is 0 Å². The minimum absolute atomic E-state index is 0.845. The molecule has 0 aromatic carbocycles. The van der Waals surface area contributed by atoms with E-state index in [9.17, 15) is 0 Å². The third kappa shape index (κ3) is 1.24. The third-order valence-electron chi connectivity index (χ3n) is 1.35. The summed E-state index contributed by atoms with van der Waals surface area (Å²) in [5.74, 6) is 0. The lowest BCUT2D eigenvalue weighted by atomic mass is 10.5. The fourth-order valence-corrected chi connectivity index (χ4v) is 0.824. The Morgan fingerprint density at radius 2 is 2.08 bits per heavy atom. The molecule has 0 amide bonds. The van der Waals surface area contributed by atoms with Gasteiger partial charge in [0.15, 0.2) is 11.9 Å². The molecule has 0 saturated heterocycles. The van der Waals surface area contributed by atoms with Crippen molar-refractivity contribution in [2.45, 2.75) is 0 Å². The van der Waals surface area contributed by atoms with Gasteiger partial charge in [0.05, 0.1) is 12.4 Å². The first-order valence-corrected chi connectivity index (χ1v) is 3.42. The van der Waals surface area contributed by atoms with E-state index in [4.69, 9.17) is 0 Å². The number of rotatable bonds is 1. The summed E-state index contributed by atoms with van der Waals surface area (Å²) in [6.07, 6.45) is 8.06. The summed E-state index contributed by atoms with van der Waals surface area (Å²) in [6, 6.07) is 1.81. The molecule has 0 fully saturated rings. The second kappa shape index (κ2) is 3.00. The number of hydrogen-bond acceptors (Lipinski definition) is 4. The van der Waals surface area contributed by atoms with Gasteiger partial charge >= 0.3 is 6.33 Å². The summed E-state index contributed by atoms with van der Waals surface area (Å²) in [4.78, 5) is 3.91. The second-order valence-corrected chi connectivity index (χ2v) is 2.12. The molecule has 0 aliphatic carbocycles. The van der Waals surface area contributed by atoms with Crippen molar-refractivity contribution in [3.05, 3.63) is 37.2 Å². The lowest BCUT2D eigenvalue weighted by Crippen LogP contribution is -2.34. The first kappa shape index (κ1) is 6.78. The lowest BCUT2D eigenvalue weighted by Gasteiger charge is -1.91. The maximum absolute atomic E-state index is 4.04. The fraction of sp³-hybridized carbons (Fsp3) is 0. The van der Waals surface area contributed by atoms with Crippen LogP contribution in [0.3, 0.4) is 0 Å². The molecule has 5 nitrogen and oxygen atoms in total. The molecule has 0 unspecified atom stereocenters. The molecule has 0 aliphatic rings. The van der Waals surface area contributed by atoms with E-state index >= 15 is 0 Å². The molecule has 12 heavy (non-hydrogen) atoms. The molecular weight excluding hydrogens is 154 g/mol. The van der Waals surface area contributed by atoms with Crippen LogP contribution in [0.4, 0.5) is 0 Å². The van der Waals surface area contributed by atoms with Gasteiger partial charge in [0, 0.05) is 6.07 Å². The normalized spacial score (nSPS) is 9.67. The highest BCUT2D eigenvalue weighted by atomic mass is 15.3. The predicted octanol–water partition coefficient (Wildman–Crippen LogP) is -0.457. The van der Waals surface area contributed by atoms with Crippen LogP contribution in [0, 0.1) is 0 Å². The molecule has 0 radical (unpaired) electrons. The second-order valence-electron chi connectivity index (χ2n) is 2.12. The number of aromatic nitrogens is 5. The van der Waals surface area contributed by atoms with E-state index in [1.807, 2.05) is 6.07 Å². The zero-order valence-corrected chi connectivity index (χ0v) is 6.20. The molecule has 0 bridgehead atoms. The van der Waals surface area contributed by atoms with E-state index in [1.165, 1.54) is 0 Å². The molecule has 0 saturated carbocycles. The van der Waals surface area contributed by atoms with Crippen molar-refractivity contribution in [3.63, 3.8) is 0 Å². The molecule has 2 aromatic rings. The SMILES string of the molecule is c1cn[n+](-c2ccnnc2)cn1. The van der Waals surface area contributed by atoms with E-state index in [2.05, 4.69) is 20.3 Å². The standard InChI is InChI=1S/C7H6N5/c1-2-9-10-5-7(1)12-6-8-3-4-11-12/h1-6H/q+1. The Balaban J connectivity index is 2.46. The van der Waals surface area contributed by atoms with Gasteiger partial charge in [-0.15, -0.1) is 0 Å². The topological polar surface area (TPSA) is 55.4 Å². The minimum Gasteiger partial charge on any atom is -0.159 e. The average Bonchev–Trinajstić information content (AvgIpc) is 2.21. The van der Waals surface area contributed by atoms with Crippen LogP contribution >= 0.6 is 0 Å². The molecule has 2 rings (SSSR count). The summed E-state index contributed by atoms with van der Waals surface area (Å²) < 4.78 is 1.62. The van der Waals surface area contributed by atoms with E-state index in [-0.39, 0.29) is 0 Å². The molecule has 0 spiro atoms. The maximum atomic E-state index is 4.04. The van der Waals surface area contributed by atoms with Crippen LogP contribution in [0.15, 0.2) is 37.2 Å². The van der Waals surface area contributed by atoms with Gasteiger partial charge < -0.3 is 0 Å². The Hall–Kier alpha value is -1.91. The predicted molar refractivity (Wildman–Crippen MR) is 39.2 cm³/mol. The largest absolute Gasteiger partial charge is 0.311 e. The molecule has 5 heteroatoms. The summed E-state index contributed by atoms with van der Waals surface area (Å²) in [5.41, 5.74) is 0.845. The highest BCUT2D eigenvalue weighted by Crippen LogP contribution is 1.88. The smallest absolute Gasteiger partial charge is 0.159 e. The van der Waals surface area contributed by atoms with E-state index in [0.29, 0.717) is 0 Å². The lowest BCUT2D eigenvalue weighted by molar-refractivity contribution is -0.663. The summed E-state index contributed by atoms with van der Waals surface area (Å²) in [6.45, 7) is 0. The monoisotopic (exact) mass is 160 g/mol. The van der Waals surface area contributed by atoms with E-state index < -0.39 is 0 Å². The van der Waals surface area contributed by atoms with Crippen LogP contribution in [0.25, 0.3) is 5.69 Å². The highest BCUT2D eigenvalue weighted by Gasteiger charge is 2.00. The van der Waals surface area contributed by atoms with Gasteiger partial charge in [0.1, 0.15) is 6.20 Å². The van der Waals surface area contributed by atoms with Gasteiger partial charge in [-0.3, -0.25) is 0 Å². The van der Waals surface area contributed by atoms with Gasteiger partial charge in [0.25, 0.3) is 0 Å². The van der Waals surface area contributed by atoms with E-state index in [1.54, 1.807) is 35.8 Å². The fourth-order valence-electron chi connectivity index (χ4n) is 0.824. The molecule has 0 atom stereocenters. The average molecular weight is 160 g/mol. The first-order chi connectivity index (χ1) is 5.97. The zero-order valence-electron chi connectivity index (χ0n) is 6.20. The van der Waals surface area contributed by atoms with Crippen LogP contribution in [-0.2, 0) is 0 Å². The molecule has 58 valence electrons. The van der Waals surface area contributed by atoms with Crippen molar-refractivity contribution in [1.82, 2.24) is 20.3 Å². The Labute approximate surface area is 68.7 Å².